The maximum Gasteiger partial charge on any atom is 0.312 e. The van der Waals surface area contributed by atoms with Gasteiger partial charge in [-0.05, 0) is 65.0 Å². The number of hydrogen-bond donors (Lipinski definition) is 0. The van der Waals surface area contributed by atoms with E-state index in [2.05, 4.69) is 49.0 Å². The zero-order valence-electron chi connectivity index (χ0n) is 25.1. The molecule has 2 fully saturated rings. The van der Waals surface area contributed by atoms with E-state index < -0.39 is 5.41 Å². The minimum atomic E-state index is -0.764. The quantitative estimate of drug-likeness (QED) is 0.289. The van der Waals surface area contributed by atoms with Crippen LogP contribution in [0.1, 0.15) is 54.4 Å². The van der Waals surface area contributed by atoms with Gasteiger partial charge in [-0.1, -0.05) is 5.21 Å². The maximum absolute atomic E-state index is 13.6. The van der Waals surface area contributed by atoms with Crippen LogP contribution in [0.15, 0.2) is 24.8 Å². The van der Waals surface area contributed by atoms with Gasteiger partial charge in [-0.3, -0.25) is 9.59 Å². The van der Waals surface area contributed by atoms with Crippen LogP contribution in [0.5, 0.6) is 0 Å². The molecule has 226 valence electrons. The van der Waals surface area contributed by atoms with Gasteiger partial charge in [0.15, 0.2) is 0 Å². The summed E-state index contributed by atoms with van der Waals surface area (Å²) in [5, 5.41) is 9.65. The lowest BCUT2D eigenvalue weighted by atomic mass is 9.74. The zero-order chi connectivity index (χ0) is 30.1. The van der Waals surface area contributed by atoms with Crippen molar-refractivity contribution in [2.45, 2.75) is 59.8 Å². The molecule has 0 radical (unpaired) electrons. The van der Waals surface area contributed by atoms with Gasteiger partial charge in [0.05, 0.1) is 29.3 Å². The number of likely N-dealkylation sites (tertiary alicyclic amines) is 1. The minimum Gasteiger partial charge on any atom is -0.466 e. The van der Waals surface area contributed by atoms with E-state index in [0.29, 0.717) is 50.6 Å². The van der Waals surface area contributed by atoms with Gasteiger partial charge in [0.2, 0.25) is 5.91 Å². The molecule has 0 atom stereocenters. The Balaban J connectivity index is 1.10. The van der Waals surface area contributed by atoms with Gasteiger partial charge >= 0.3 is 5.97 Å². The summed E-state index contributed by atoms with van der Waals surface area (Å²) in [6, 6.07) is 1.82. The third-order valence-corrected chi connectivity index (χ3v) is 9.99. The van der Waals surface area contributed by atoms with Crippen molar-refractivity contribution >= 4 is 39.2 Å². The van der Waals surface area contributed by atoms with E-state index in [1.54, 1.807) is 30.1 Å². The molecule has 2 aliphatic heterocycles. The van der Waals surface area contributed by atoms with Crippen LogP contribution < -0.4 is 4.90 Å². The fourth-order valence-electron chi connectivity index (χ4n) is 6.26. The van der Waals surface area contributed by atoms with Gasteiger partial charge in [-0.25, -0.2) is 19.9 Å². The molecular formula is C30H37N9O3S. The summed E-state index contributed by atoms with van der Waals surface area (Å²) < 4.78 is 7.06. The van der Waals surface area contributed by atoms with E-state index >= 15 is 0 Å². The van der Waals surface area contributed by atoms with E-state index in [1.165, 1.54) is 15.1 Å². The van der Waals surface area contributed by atoms with Gasteiger partial charge < -0.3 is 14.5 Å². The van der Waals surface area contributed by atoms with Crippen LogP contribution in [-0.2, 0) is 20.7 Å². The van der Waals surface area contributed by atoms with E-state index in [0.717, 1.165) is 47.7 Å². The molecule has 0 bridgehead atoms. The molecule has 0 N–H and O–H groups in total. The smallest absolute Gasteiger partial charge is 0.312 e. The summed E-state index contributed by atoms with van der Waals surface area (Å²) in [5.74, 6) is 1.30. The van der Waals surface area contributed by atoms with Crippen molar-refractivity contribution in [2.75, 3.05) is 37.7 Å². The normalized spacial score (nSPS) is 17.4. The number of aromatic nitrogens is 7. The summed E-state index contributed by atoms with van der Waals surface area (Å²) in [7, 11) is 0. The second kappa shape index (κ2) is 11.9. The Hall–Kier alpha value is -4.00. The lowest BCUT2D eigenvalue weighted by Crippen LogP contribution is -2.50. The number of amides is 1. The van der Waals surface area contributed by atoms with E-state index in [1.807, 2.05) is 24.8 Å². The third kappa shape index (κ3) is 5.69. The van der Waals surface area contributed by atoms with Crippen molar-refractivity contribution in [3.63, 3.8) is 0 Å². The van der Waals surface area contributed by atoms with Crippen molar-refractivity contribution in [2.24, 2.45) is 11.3 Å². The highest BCUT2D eigenvalue weighted by Gasteiger charge is 2.45. The Morgan fingerprint density at radius 2 is 1.84 bits per heavy atom. The van der Waals surface area contributed by atoms with Crippen molar-refractivity contribution in [1.29, 1.82) is 0 Å². The number of anilines is 1. The fourth-order valence-corrected chi connectivity index (χ4v) is 7.25. The summed E-state index contributed by atoms with van der Waals surface area (Å²) in [4.78, 5) is 51.2. The van der Waals surface area contributed by atoms with Gasteiger partial charge in [0, 0.05) is 55.3 Å². The average Bonchev–Trinajstić information content (AvgIpc) is 3.60. The number of carbonyl (C=O) groups excluding carboxylic acids is 2. The number of ether oxygens (including phenoxy) is 1. The third-order valence-electron chi connectivity index (χ3n) is 8.88. The van der Waals surface area contributed by atoms with Gasteiger partial charge in [0.25, 0.3) is 5.95 Å². The number of thiophene rings is 1. The number of piperidine rings is 2. The first-order valence-corrected chi connectivity index (χ1v) is 15.7. The summed E-state index contributed by atoms with van der Waals surface area (Å²) in [6.07, 6.45) is 8.05. The lowest BCUT2D eigenvalue weighted by molar-refractivity contribution is -0.161. The molecule has 6 heterocycles. The molecule has 43 heavy (non-hydrogen) atoms. The number of carbonyl (C=O) groups is 2. The topological polar surface area (TPSA) is 132 Å². The Kier molecular flexibility index (Phi) is 8.08. The van der Waals surface area contributed by atoms with Gasteiger partial charge in [-0.2, -0.15) is 4.68 Å². The number of aryl methyl sites for hydroxylation is 3. The van der Waals surface area contributed by atoms with E-state index in [-0.39, 0.29) is 17.8 Å². The van der Waals surface area contributed by atoms with Crippen LogP contribution in [0, 0.1) is 32.1 Å². The van der Waals surface area contributed by atoms with E-state index in [4.69, 9.17) is 4.74 Å². The van der Waals surface area contributed by atoms with Crippen molar-refractivity contribution in [3.8, 4) is 5.95 Å². The van der Waals surface area contributed by atoms with Crippen LogP contribution in [0.4, 0.5) is 5.82 Å². The standard InChI is InChI=1S/C30H37N9O3S/c1-5-42-28(41)30(16-23-17-39(36-35-23)29-31-11-6-19(2)34-29)9-14-38(15-10-30)27(40)22-7-12-37(13-8-22)25-24-20(3)21(4)43-26(24)33-18-32-25/h6,11,17-18,22H,5,7-10,12-16H2,1-4H3. The molecule has 4 aromatic heterocycles. The monoisotopic (exact) mass is 603 g/mol. The molecule has 1 amide bonds. The molecule has 6 rings (SSSR count). The van der Waals surface area contributed by atoms with Crippen LogP contribution in [0.3, 0.4) is 0 Å². The lowest BCUT2D eigenvalue weighted by Gasteiger charge is -2.41. The molecule has 0 unspecified atom stereocenters. The van der Waals surface area contributed by atoms with Crippen molar-refractivity contribution < 1.29 is 14.3 Å². The molecule has 2 saturated heterocycles. The Morgan fingerprint density at radius 1 is 1.07 bits per heavy atom. The van der Waals surface area contributed by atoms with Gasteiger partial charge in [0.1, 0.15) is 17.0 Å². The van der Waals surface area contributed by atoms with Gasteiger partial charge in [-0.15, -0.1) is 16.4 Å². The molecular weight excluding hydrogens is 566 g/mol. The number of hydrogen-bond acceptors (Lipinski definition) is 11. The molecule has 2 aliphatic rings. The predicted molar refractivity (Wildman–Crippen MR) is 162 cm³/mol. The summed E-state index contributed by atoms with van der Waals surface area (Å²) >= 11 is 1.70. The summed E-state index contributed by atoms with van der Waals surface area (Å²) in [5.41, 5.74) is 1.96. The molecule has 0 aromatic carbocycles. The minimum absolute atomic E-state index is 0.0387. The maximum atomic E-state index is 13.6. The SMILES string of the molecule is CCOC(=O)C1(Cc2cn(-c3nccc(C)n3)nn2)CCN(C(=O)C2CCN(c3ncnc4sc(C)c(C)c34)CC2)CC1. The molecule has 4 aromatic rings. The molecule has 0 saturated carbocycles. The first-order valence-electron chi connectivity index (χ1n) is 14.9. The molecule has 13 heteroatoms. The largest absolute Gasteiger partial charge is 0.466 e. The number of fused-ring (bicyclic) bond motifs is 1. The van der Waals surface area contributed by atoms with Crippen LogP contribution in [0.2, 0.25) is 0 Å². The average molecular weight is 604 g/mol. The highest BCUT2D eigenvalue weighted by Crippen LogP contribution is 2.39. The van der Waals surface area contributed by atoms with E-state index in [9.17, 15) is 9.59 Å². The van der Waals surface area contributed by atoms with Crippen LogP contribution in [-0.4, -0.2) is 84.5 Å². The Morgan fingerprint density at radius 3 is 2.56 bits per heavy atom. The summed E-state index contributed by atoms with van der Waals surface area (Å²) in [6.45, 7) is 10.8. The molecule has 0 spiro atoms. The number of esters is 1. The second-order valence-corrected chi connectivity index (χ2v) is 12.8. The van der Waals surface area contributed by atoms with Crippen LogP contribution >= 0.6 is 11.3 Å². The second-order valence-electron chi connectivity index (χ2n) is 11.6. The highest BCUT2D eigenvalue weighted by molar-refractivity contribution is 7.18. The van der Waals surface area contributed by atoms with Crippen LogP contribution in [0.25, 0.3) is 16.2 Å². The zero-order valence-corrected chi connectivity index (χ0v) is 25.9. The first kappa shape index (κ1) is 29.1. The molecule has 0 aliphatic carbocycles. The number of rotatable bonds is 7. The highest BCUT2D eigenvalue weighted by atomic mass is 32.1. The number of nitrogens with zero attached hydrogens (tertiary/aromatic N) is 9. The fraction of sp³-hybridized carbons (Fsp3) is 0.533. The van der Waals surface area contributed by atoms with Crippen molar-refractivity contribution in [1.82, 2.24) is 39.8 Å². The Labute approximate surface area is 254 Å². The first-order chi connectivity index (χ1) is 20.8. The van der Waals surface area contributed by atoms with Crippen molar-refractivity contribution in [3.05, 3.63) is 46.6 Å². The Bertz CT molecular complexity index is 1630. The predicted octanol–water partition coefficient (Wildman–Crippen LogP) is 3.62. The molecule has 12 nitrogen and oxygen atoms in total.